The maximum absolute atomic E-state index is 12.8. The van der Waals surface area contributed by atoms with Crippen molar-refractivity contribution in [1.29, 1.82) is 0 Å². The number of amides is 2. The van der Waals surface area contributed by atoms with Crippen molar-refractivity contribution >= 4 is 23.2 Å². The molecule has 3 aromatic carbocycles. The maximum atomic E-state index is 12.8. The van der Waals surface area contributed by atoms with Crippen LogP contribution < -0.4 is 15.4 Å². The molecule has 0 fully saturated rings. The average Bonchev–Trinajstić information content (AvgIpc) is 2.78. The lowest BCUT2D eigenvalue weighted by molar-refractivity contribution is -0.137. The summed E-state index contributed by atoms with van der Waals surface area (Å²) in [5.41, 5.74) is 0.302. The van der Waals surface area contributed by atoms with Gasteiger partial charge in [-0.2, -0.15) is 13.2 Å². The number of ether oxygens (including phenoxy) is 1. The first-order chi connectivity index (χ1) is 15.3. The molecule has 5 nitrogen and oxygen atoms in total. The minimum Gasteiger partial charge on any atom is -0.494 e. The molecular formula is C24H21F3N2O3. The number of carbonyl (C=O) groups excluding carboxylic acids is 2. The van der Waals surface area contributed by atoms with Crippen LogP contribution in [0.4, 0.5) is 24.5 Å². The van der Waals surface area contributed by atoms with E-state index in [4.69, 9.17) is 4.74 Å². The summed E-state index contributed by atoms with van der Waals surface area (Å²) in [5, 5.41) is 5.17. The summed E-state index contributed by atoms with van der Waals surface area (Å²) in [6, 6.07) is 17.2. The molecule has 0 saturated heterocycles. The van der Waals surface area contributed by atoms with Crippen LogP contribution in [0.1, 0.15) is 39.6 Å². The predicted octanol–water partition coefficient (Wildman–Crippen LogP) is 6.00. The first-order valence-electron chi connectivity index (χ1n) is 9.89. The van der Waals surface area contributed by atoms with E-state index >= 15 is 0 Å². The summed E-state index contributed by atoms with van der Waals surface area (Å²) in [5.74, 6) is -0.308. The van der Waals surface area contributed by atoms with Crippen LogP contribution in [-0.4, -0.2) is 18.4 Å². The van der Waals surface area contributed by atoms with Gasteiger partial charge in [-0.15, -0.1) is 0 Å². The third kappa shape index (κ3) is 6.10. The number of alkyl halides is 3. The van der Waals surface area contributed by atoms with Crippen molar-refractivity contribution in [3.63, 3.8) is 0 Å². The summed E-state index contributed by atoms with van der Waals surface area (Å²) in [6.45, 7) is 2.54. The number of carbonyl (C=O) groups is 2. The van der Waals surface area contributed by atoms with Crippen molar-refractivity contribution in [2.75, 3.05) is 17.2 Å². The number of halogens is 3. The van der Waals surface area contributed by atoms with Crippen LogP contribution in [0.15, 0.2) is 72.8 Å². The Morgan fingerprint density at radius 1 is 0.812 bits per heavy atom. The van der Waals surface area contributed by atoms with E-state index in [-0.39, 0.29) is 17.2 Å². The second-order valence-corrected chi connectivity index (χ2v) is 6.94. The van der Waals surface area contributed by atoms with Gasteiger partial charge in [-0.25, -0.2) is 0 Å². The van der Waals surface area contributed by atoms with E-state index < -0.39 is 17.6 Å². The molecule has 8 heteroatoms. The third-order valence-electron chi connectivity index (χ3n) is 4.42. The molecule has 0 aliphatic carbocycles. The fraction of sp³-hybridized carbons (Fsp3) is 0.167. The topological polar surface area (TPSA) is 67.4 Å². The van der Waals surface area contributed by atoms with Crippen LogP contribution >= 0.6 is 0 Å². The van der Waals surface area contributed by atoms with Gasteiger partial charge in [-0.05, 0) is 67.1 Å². The van der Waals surface area contributed by atoms with Crippen molar-refractivity contribution in [1.82, 2.24) is 0 Å². The molecule has 0 bridgehead atoms. The largest absolute Gasteiger partial charge is 0.494 e. The zero-order valence-electron chi connectivity index (χ0n) is 17.2. The fourth-order valence-electron chi connectivity index (χ4n) is 2.83. The van der Waals surface area contributed by atoms with Crippen LogP contribution in [0.2, 0.25) is 0 Å². The number of nitrogens with one attached hydrogen (secondary N) is 2. The lowest BCUT2D eigenvalue weighted by Gasteiger charge is -2.11. The van der Waals surface area contributed by atoms with E-state index in [0.29, 0.717) is 23.6 Å². The molecule has 0 aromatic heterocycles. The van der Waals surface area contributed by atoms with E-state index in [1.807, 2.05) is 6.92 Å². The van der Waals surface area contributed by atoms with Gasteiger partial charge >= 0.3 is 6.18 Å². The van der Waals surface area contributed by atoms with E-state index in [1.54, 1.807) is 24.3 Å². The van der Waals surface area contributed by atoms with Crippen molar-refractivity contribution in [2.45, 2.75) is 19.5 Å². The number of hydrogen-bond donors (Lipinski definition) is 2. The molecule has 0 atom stereocenters. The quantitative estimate of drug-likeness (QED) is 0.472. The lowest BCUT2D eigenvalue weighted by atomic mass is 10.1. The van der Waals surface area contributed by atoms with Gasteiger partial charge in [-0.3, -0.25) is 9.59 Å². The van der Waals surface area contributed by atoms with Gasteiger partial charge in [0.15, 0.2) is 0 Å². The molecule has 0 saturated carbocycles. The van der Waals surface area contributed by atoms with Gasteiger partial charge in [0, 0.05) is 22.5 Å². The molecule has 3 rings (SSSR count). The Morgan fingerprint density at radius 3 is 2.16 bits per heavy atom. The molecule has 0 aliphatic rings. The Kier molecular flexibility index (Phi) is 7.14. The Labute approximate surface area is 183 Å². The lowest BCUT2D eigenvalue weighted by Crippen LogP contribution is -2.14. The first kappa shape index (κ1) is 22.9. The van der Waals surface area contributed by atoms with Gasteiger partial charge in [-0.1, -0.05) is 19.1 Å². The molecule has 3 aromatic rings. The zero-order valence-corrected chi connectivity index (χ0v) is 17.2. The van der Waals surface area contributed by atoms with Gasteiger partial charge in [0.2, 0.25) is 0 Å². The molecule has 0 spiro atoms. The molecule has 2 N–H and O–H groups in total. The number of benzene rings is 3. The Balaban J connectivity index is 1.64. The van der Waals surface area contributed by atoms with Crippen molar-refractivity contribution < 1.29 is 27.5 Å². The highest BCUT2D eigenvalue weighted by atomic mass is 19.4. The molecule has 2 amide bonds. The number of rotatable bonds is 7. The highest BCUT2D eigenvalue weighted by Gasteiger charge is 2.30. The zero-order chi connectivity index (χ0) is 23.1. The Bertz CT molecular complexity index is 1100. The second-order valence-electron chi connectivity index (χ2n) is 6.94. The smallest absolute Gasteiger partial charge is 0.416 e. The second kappa shape index (κ2) is 10.00. The molecule has 0 heterocycles. The highest BCUT2D eigenvalue weighted by Crippen LogP contribution is 2.30. The van der Waals surface area contributed by atoms with Gasteiger partial charge in [0.1, 0.15) is 5.75 Å². The first-order valence-corrected chi connectivity index (χ1v) is 9.89. The van der Waals surface area contributed by atoms with Crippen LogP contribution in [0, 0.1) is 0 Å². The predicted molar refractivity (Wildman–Crippen MR) is 116 cm³/mol. The van der Waals surface area contributed by atoms with E-state index in [0.717, 1.165) is 18.6 Å². The minimum atomic E-state index is -4.50. The van der Waals surface area contributed by atoms with Crippen molar-refractivity contribution in [3.8, 4) is 5.75 Å². The van der Waals surface area contributed by atoms with E-state index in [2.05, 4.69) is 10.6 Å². The number of hydrogen-bond acceptors (Lipinski definition) is 3. The Hall–Kier alpha value is -3.81. The fourth-order valence-corrected chi connectivity index (χ4v) is 2.83. The minimum absolute atomic E-state index is 0.0346. The Morgan fingerprint density at radius 2 is 1.47 bits per heavy atom. The summed E-state index contributed by atoms with van der Waals surface area (Å²) >= 11 is 0. The highest BCUT2D eigenvalue weighted by molar-refractivity contribution is 6.06. The molecule has 0 radical (unpaired) electrons. The van der Waals surface area contributed by atoms with Gasteiger partial charge in [0.25, 0.3) is 11.8 Å². The molecule has 0 unspecified atom stereocenters. The third-order valence-corrected chi connectivity index (χ3v) is 4.42. The van der Waals surface area contributed by atoms with Crippen LogP contribution in [0.5, 0.6) is 5.75 Å². The monoisotopic (exact) mass is 442 g/mol. The molecule has 32 heavy (non-hydrogen) atoms. The summed E-state index contributed by atoms with van der Waals surface area (Å²) in [7, 11) is 0. The normalized spacial score (nSPS) is 11.0. The van der Waals surface area contributed by atoms with Crippen LogP contribution in [0.25, 0.3) is 0 Å². The van der Waals surface area contributed by atoms with Crippen molar-refractivity contribution in [3.05, 3.63) is 89.5 Å². The summed E-state index contributed by atoms with van der Waals surface area (Å²) in [6.07, 6.45) is -3.65. The molecule has 0 aliphatic heterocycles. The van der Waals surface area contributed by atoms with E-state index in [9.17, 15) is 22.8 Å². The molecule has 166 valence electrons. The van der Waals surface area contributed by atoms with E-state index in [1.165, 1.54) is 36.4 Å². The number of anilines is 2. The van der Waals surface area contributed by atoms with Crippen molar-refractivity contribution in [2.24, 2.45) is 0 Å². The average molecular weight is 442 g/mol. The summed E-state index contributed by atoms with van der Waals surface area (Å²) in [4.78, 5) is 24.8. The standard InChI is InChI=1S/C24H21F3N2O3/c1-2-13-32-21-8-3-5-17(14-21)23(31)28-19-11-9-16(10-12-19)22(30)29-20-7-4-6-18(15-20)24(25,26)27/h3-12,14-15H,2,13H2,1H3,(H,28,31)(H,29,30). The molecular weight excluding hydrogens is 421 g/mol. The SMILES string of the molecule is CCCOc1cccc(C(=O)Nc2ccc(C(=O)Nc3cccc(C(F)(F)F)c3)cc2)c1. The summed E-state index contributed by atoms with van der Waals surface area (Å²) < 4.78 is 44.0. The van der Waals surface area contributed by atoms with Crippen LogP contribution in [-0.2, 0) is 6.18 Å². The van der Waals surface area contributed by atoms with Gasteiger partial charge < -0.3 is 15.4 Å². The van der Waals surface area contributed by atoms with Crippen LogP contribution in [0.3, 0.4) is 0 Å². The maximum Gasteiger partial charge on any atom is 0.416 e. The van der Waals surface area contributed by atoms with Gasteiger partial charge in [0.05, 0.1) is 12.2 Å².